The van der Waals surface area contributed by atoms with Crippen LogP contribution in [0.3, 0.4) is 0 Å². The first kappa shape index (κ1) is 15.0. The topological polar surface area (TPSA) is 12.0 Å². The molecular weight excluding hydrogens is 206 g/mol. The summed E-state index contributed by atoms with van der Waals surface area (Å²) >= 11 is 0. The summed E-state index contributed by atoms with van der Waals surface area (Å²) in [6.07, 6.45) is 11.4. The van der Waals surface area contributed by atoms with Crippen LogP contribution in [0.15, 0.2) is 0 Å². The summed E-state index contributed by atoms with van der Waals surface area (Å²) in [5.74, 6) is 2.82. The van der Waals surface area contributed by atoms with Crippen LogP contribution in [-0.4, -0.2) is 13.1 Å². The largest absolute Gasteiger partial charge is 0.317 e. The third kappa shape index (κ3) is 5.42. The molecule has 3 atom stereocenters. The molecule has 0 aromatic carbocycles. The second kappa shape index (κ2) is 8.13. The van der Waals surface area contributed by atoms with E-state index in [1.165, 1.54) is 51.4 Å². The predicted molar refractivity (Wildman–Crippen MR) is 77.3 cm³/mol. The second-order valence-corrected chi connectivity index (χ2v) is 6.42. The molecule has 0 saturated heterocycles. The van der Waals surface area contributed by atoms with Crippen LogP contribution in [0.4, 0.5) is 0 Å². The standard InChI is InChI=1S/C16H33N/c1-5-14-9-7-10-15(12-14)16(17-4)11-6-8-13(2)3/h13-17H,5-12H2,1-4H3. The minimum atomic E-state index is 0.781. The van der Waals surface area contributed by atoms with Gasteiger partial charge in [0, 0.05) is 6.04 Å². The van der Waals surface area contributed by atoms with Crippen molar-refractivity contribution in [1.82, 2.24) is 5.32 Å². The monoisotopic (exact) mass is 239 g/mol. The number of nitrogens with one attached hydrogen (secondary N) is 1. The molecule has 1 saturated carbocycles. The molecule has 0 aromatic heterocycles. The summed E-state index contributed by atoms with van der Waals surface area (Å²) in [5.41, 5.74) is 0. The summed E-state index contributed by atoms with van der Waals surface area (Å²) in [4.78, 5) is 0. The molecule has 1 N–H and O–H groups in total. The average molecular weight is 239 g/mol. The fraction of sp³-hybridized carbons (Fsp3) is 1.00. The molecule has 0 amide bonds. The Balaban J connectivity index is 2.32. The van der Waals surface area contributed by atoms with E-state index in [9.17, 15) is 0 Å². The van der Waals surface area contributed by atoms with Crippen molar-refractivity contribution in [3.8, 4) is 0 Å². The second-order valence-electron chi connectivity index (χ2n) is 6.42. The molecule has 102 valence electrons. The normalized spacial score (nSPS) is 27.4. The molecule has 1 aliphatic rings. The van der Waals surface area contributed by atoms with E-state index in [-0.39, 0.29) is 0 Å². The Hall–Kier alpha value is -0.0400. The molecule has 1 aliphatic carbocycles. The average Bonchev–Trinajstić information content (AvgIpc) is 2.34. The Morgan fingerprint density at radius 3 is 2.53 bits per heavy atom. The summed E-state index contributed by atoms with van der Waals surface area (Å²) in [6, 6.07) is 0.781. The highest BCUT2D eigenvalue weighted by molar-refractivity contribution is 4.81. The maximum atomic E-state index is 3.59. The van der Waals surface area contributed by atoms with Gasteiger partial charge in [-0.1, -0.05) is 52.9 Å². The van der Waals surface area contributed by atoms with Gasteiger partial charge in [-0.2, -0.15) is 0 Å². The van der Waals surface area contributed by atoms with E-state index in [0.717, 1.165) is 23.8 Å². The molecular formula is C16H33N. The number of hydrogen-bond donors (Lipinski definition) is 1. The van der Waals surface area contributed by atoms with Gasteiger partial charge in [0.25, 0.3) is 0 Å². The van der Waals surface area contributed by atoms with E-state index in [0.29, 0.717) is 0 Å². The van der Waals surface area contributed by atoms with Gasteiger partial charge in [0.1, 0.15) is 0 Å². The van der Waals surface area contributed by atoms with Crippen molar-refractivity contribution in [2.75, 3.05) is 7.05 Å². The van der Waals surface area contributed by atoms with Gasteiger partial charge < -0.3 is 5.32 Å². The lowest BCUT2D eigenvalue weighted by Crippen LogP contribution is -2.36. The van der Waals surface area contributed by atoms with Gasteiger partial charge in [-0.05, 0) is 44.1 Å². The van der Waals surface area contributed by atoms with E-state index in [4.69, 9.17) is 0 Å². The first-order valence-electron chi connectivity index (χ1n) is 7.84. The lowest BCUT2D eigenvalue weighted by Gasteiger charge is -2.34. The molecule has 1 fully saturated rings. The molecule has 0 aromatic rings. The van der Waals surface area contributed by atoms with Crippen LogP contribution in [-0.2, 0) is 0 Å². The maximum absolute atomic E-state index is 3.59. The van der Waals surface area contributed by atoms with Crippen molar-refractivity contribution in [2.45, 2.75) is 78.2 Å². The van der Waals surface area contributed by atoms with Gasteiger partial charge in [0.2, 0.25) is 0 Å². The van der Waals surface area contributed by atoms with Gasteiger partial charge in [0.05, 0.1) is 0 Å². The predicted octanol–water partition coefficient (Wildman–Crippen LogP) is 4.62. The first-order valence-corrected chi connectivity index (χ1v) is 7.84. The lowest BCUT2D eigenvalue weighted by molar-refractivity contribution is 0.204. The van der Waals surface area contributed by atoms with Gasteiger partial charge >= 0.3 is 0 Å². The molecule has 3 unspecified atom stereocenters. The van der Waals surface area contributed by atoms with E-state index < -0.39 is 0 Å². The third-order valence-corrected chi connectivity index (χ3v) is 4.64. The van der Waals surface area contributed by atoms with E-state index in [2.05, 4.69) is 33.1 Å². The Kier molecular flexibility index (Phi) is 7.18. The SMILES string of the molecule is CCC1CCCC(C(CCCC(C)C)NC)C1. The van der Waals surface area contributed by atoms with Crippen LogP contribution in [0.2, 0.25) is 0 Å². The summed E-state index contributed by atoms with van der Waals surface area (Å²) < 4.78 is 0. The zero-order valence-electron chi connectivity index (χ0n) is 12.5. The Bertz CT molecular complexity index is 188. The number of hydrogen-bond acceptors (Lipinski definition) is 1. The Morgan fingerprint density at radius 1 is 1.18 bits per heavy atom. The zero-order chi connectivity index (χ0) is 12.7. The van der Waals surface area contributed by atoms with Crippen LogP contribution in [0.1, 0.15) is 72.1 Å². The molecule has 17 heavy (non-hydrogen) atoms. The maximum Gasteiger partial charge on any atom is 0.00924 e. The Labute approximate surface area is 109 Å². The fourth-order valence-corrected chi connectivity index (χ4v) is 3.43. The van der Waals surface area contributed by atoms with Crippen molar-refractivity contribution in [2.24, 2.45) is 17.8 Å². The van der Waals surface area contributed by atoms with E-state index in [1.54, 1.807) is 0 Å². The quantitative estimate of drug-likeness (QED) is 0.683. The minimum absolute atomic E-state index is 0.781. The van der Waals surface area contributed by atoms with E-state index in [1.807, 2.05) is 0 Å². The molecule has 0 bridgehead atoms. The number of rotatable bonds is 7. The lowest BCUT2D eigenvalue weighted by atomic mass is 9.75. The highest BCUT2D eigenvalue weighted by Crippen LogP contribution is 2.34. The van der Waals surface area contributed by atoms with Crippen molar-refractivity contribution < 1.29 is 0 Å². The summed E-state index contributed by atoms with van der Waals surface area (Å²) in [7, 11) is 2.16. The van der Waals surface area contributed by atoms with Crippen LogP contribution in [0.5, 0.6) is 0 Å². The summed E-state index contributed by atoms with van der Waals surface area (Å²) in [6.45, 7) is 7.03. The molecule has 0 radical (unpaired) electrons. The van der Waals surface area contributed by atoms with Crippen molar-refractivity contribution in [3.63, 3.8) is 0 Å². The summed E-state index contributed by atoms with van der Waals surface area (Å²) in [5, 5.41) is 3.59. The molecule has 1 nitrogen and oxygen atoms in total. The molecule has 0 aliphatic heterocycles. The van der Waals surface area contributed by atoms with Crippen LogP contribution in [0.25, 0.3) is 0 Å². The highest BCUT2D eigenvalue weighted by Gasteiger charge is 2.26. The highest BCUT2D eigenvalue weighted by atomic mass is 14.9. The fourth-order valence-electron chi connectivity index (χ4n) is 3.43. The van der Waals surface area contributed by atoms with Crippen LogP contribution >= 0.6 is 0 Å². The van der Waals surface area contributed by atoms with Crippen LogP contribution < -0.4 is 5.32 Å². The van der Waals surface area contributed by atoms with Gasteiger partial charge in [-0.3, -0.25) is 0 Å². The molecule has 1 heteroatoms. The van der Waals surface area contributed by atoms with Gasteiger partial charge in [-0.25, -0.2) is 0 Å². The van der Waals surface area contributed by atoms with E-state index >= 15 is 0 Å². The molecule has 0 heterocycles. The smallest absolute Gasteiger partial charge is 0.00924 e. The molecule has 0 spiro atoms. The van der Waals surface area contributed by atoms with Crippen LogP contribution in [0, 0.1) is 17.8 Å². The first-order chi connectivity index (χ1) is 8.17. The van der Waals surface area contributed by atoms with Gasteiger partial charge in [-0.15, -0.1) is 0 Å². The van der Waals surface area contributed by atoms with Gasteiger partial charge in [0.15, 0.2) is 0 Å². The van der Waals surface area contributed by atoms with Crippen molar-refractivity contribution >= 4 is 0 Å². The Morgan fingerprint density at radius 2 is 1.94 bits per heavy atom. The van der Waals surface area contributed by atoms with Crippen molar-refractivity contribution in [3.05, 3.63) is 0 Å². The molecule has 1 rings (SSSR count). The minimum Gasteiger partial charge on any atom is -0.317 e. The zero-order valence-corrected chi connectivity index (χ0v) is 12.5. The third-order valence-electron chi connectivity index (χ3n) is 4.64. The van der Waals surface area contributed by atoms with Crippen molar-refractivity contribution in [1.29, 1.82) is 0 Å².